The molecule has 0 heterocycles. The van der Waals surface area contributed by atoms with Crippen LogP contribution in [0.15, 0.2) is 85.0 Å². The number of aliphatic carboxylic acids is 2. The molecule has 1 fully saturated rings. The molecule has 2 aromatic rings. The zero-order valence-electron chi connectivity index (χ0n) is 21.4. The van der Waals surface area contributed by atoms with Gasteiger partial charge in [0.25, 0.3) is 0 Å². The van der Waals surface area contributed by atoms with Crippen LogP contribution in [0.4, 0.5) is 0 Å². The third-order valence-corrected chi connectivity index (χ3v) is 7.61. The Bertz CT molecular complexity index is 1180. The maximum Gasteiger partial charge on any atom is 0.325 e. The zero-order chi connectivity index (χ0) is 27.6. The fourth-order valence-electron chi connectivity index (χ4n) is 3.97. The van der Waals surface area contributed by atoms with E-state index in [0.29, 0.717) is 6.42 Å². The molecule has 0 saturated heterocycles. The quantitative estimate of drug-likeness (QED) is 0.323. The molecule has 6 nitrogen and oxygen atoms in total. The molecule has 8 heteroatoms. The summed E-state index contributed by atoms with van der Waals surface area (Å²) in [7, 11) is -1.48. The molecule has 3 unspecified atom stereocenters. The van der Waals surface area contributed by atoms with Crippen LogP contribution in [0.25, 0.3) is 5.57 Å². The van der Waals surface area contributed by atoms with Crippen molar-refractivity contribution in [2.45, 2.75) is 44.6 Å². The maximum atomic E-state index is 12.0. The van der Waals surface area contributed by atoms with Gasteiger partial charge in [0.05, 0.1) is 11.0 Å². The molecular formula is C29H34ClNO5S. The highest BCUT2D eigenvalue weighted by Crippen LogP contribution is 2.56. The lowest BCUT2D eigenvalue weighted by Gasteiger charge is -2.27. The van der Waals surface area contributed by atoms with Crippen LogP contribution in [0.5, 0.6) is 0 Å². The predicted molar refractivity (Wildman–Crippen MR) is 151 cm³/mol. The molecule has 198 valence electrons. The summed E-state index contributed by atoms with van der Waals surface area (Å²) in [6, 6.07) is 17.0. The van der Waals surface area contributed by atoms with Gasteiger partial charge >= 0.3 is 11.9 Å². The van der Waals surface area contributed by atoms with Crippen molar-refractivity contribution >= 4 is 40.1 Å². The normalized spacial score (nSPS) is 19.7. The first-order valence-corrected chi connectivity index (χ1v) is 13.8. The first-order valence-electron chi connectivity index (χ1n) is 11.9. The monoisotopic (exact) mass is 543 g/mol. The van der Waals surface area contributed by atoms with Crippen molar-refractivity contribution < 1.29 is 24.0 Å². The van der Waals surface area contributed by atoms with Crippen molar-refractivity contribution in [1.29, 1.82) is 0 Å². The highest BCUT2D eigenvalue weighted by Gasteiger charge is 2.65. The fourth-order valence-corrected chi connectivity index (χ4v) is 5.22. The van der Waals surface area contributed by atoms with Gasteiger partial charge in [0.2, 0.25) is 0 Å². The summed E-state index contributed by atoms with van der Waals surface area (Å²) < 4.78 is 13.4. The van der Waals surface area contributed by atoms with E-state index in [9.17, 15) is 18.9 Å². The van der Waals surface area contributed by atoms with E-state index in [-0.39, 0.29) is 25.3 Å². The molecule has 3 rings (SSSR count). The Balaban J connectivity index is 0.000000281. The summed E-state index contributed by atoms with van der Waals surface area (Å²) in [5.74, 6) is -2.17. The lowest BCUT2D eigenvalue weighted by molar-refractivity contribution is -0.143. The molecule has 0 aliphatic heterocycles. The van der Waals surface area contributed by atoms with Gasteiger partial charge in [0.1, 0.15) is 5.54 Å². The van der Waals surface area contributed by atoms with Crippen LogP contribution in [0.1, 0.15) is 50.2 Å². The van der Waals surface area contributed by atoms with E-state index in [2.05, 4.69) is 25.7 Å². The van der Waals surface area contributed by atoms with Gasteiger partial charge in [0, 0.05) is 30.2 Å². The van der Waals surface area contributed by atoms with Crippen molar-refractivity contribution in [1.82, 2.24) is 4.31 Å². The van der Waals surface area contributed by atoms with Crippen molar-refractivity contribution in [3.8, 4) is 0 Å². The van der Waals surface area contributed by atoms with Gasteiger partial charge in [-0.2, -0.15) is 0 Å². The molecule has 0 bridgehead atoms. The van der Waals surface area contributed by atoms with Gasteiger partial charge in [-0.15, -0.1) is 0 Å². The average Bonchev–Trinajstić information content (AvgIpc) is 3.63. The number of carbonyl (C=O) groups is 2. The van der Waals surface area contributed by atoms with Crippen molar-refractivity contribution in [2.75, 3.05) is 12.8 Å². The number of hydrogen-bond donors (Lipinski definition) is 2. The van der Waals surface area contributed by atoms with Crippen LogP contribution >= 0.6 is 11.6 Å². The van der Waals surface area contributed by atoms with Crippen LogP contribution in [0.2, 0.25) is 5.02 Å². The topological polar surface area (TPSA) is 94.9 Å². The van der Waals surface area contributed by atoms with Gasteiger partial charge in [-0.1, -0.05) is 84.4 Å². The summed E-state index contributed by atoms with van der Waals surface area (Å²) in [5.41, 5.74) is 3.02. The molecule has 0 radical (unpaired) electrons. The molecule has 3 atom stereocenters. The van der Waals surface area contributed by atoms with Crippen LogP contribution in [0, 0.1) is 0 Å². The van der Waals surface area contributed by atoms with Crippen LogP contribution in [-0.2, 0) is 20.6 Å². The highest BCUT2D eigenvalue weighted by atomic mass is 35.5. The third kappa shape index (κ3) is 8.52. The molecule has 1 aliphatic rings. The summed E-state index contributed by atoms with van der Waals surface area (Å²) in [6.07, 6.45) is 8.15. The number of rotatable bonds is 11. The first-order chi connectivity index (χ1) is 17.5. The number of hydrogen-bond acceptors (Lipinski definition) is 3. The van der Waals surface area contributed by atoms with Gasteiger partial charge in [0.15, 0.2) is 0 Å². The van der Waals surface area contributed by atoms with E-state index in [1.54, 1.807) is 0 Å². The second-order valence-electron chi connectivity index (χ2n) is 8.82. The molecule has 0 spiro atoms. The second kappa shape index (κ2) is 14.1. The minimum atomic E-state index is -1.48. The molecule has 1 saturated carbocycles. The Hall–Kier alpha value is -3.00. The van der Waals surface area contributed by atoms with E-state index in [4.69, 9.17) is 16.7 Å². The van der Waals surface area contributed by atoms with Gasteiger partial charge < -0.3 is 10.2 Å². The molecule has 0 amide bonds. The fraction of sp³-hybridized carbons (Fsp3) is 0.310. The Morgan fingerprint density at radius 3 is 2.27 bits per heavy atom. The highest BCUT2D eigenvalue weighted by molar-refractivity contribution is 7.81. The standard InChI is InChI=1S/C15H19NO5S.C14H15Cl/c1-22(21)16(9-5-8-13(17)18)15(14(19)20)10-12(15)11-6-3-2-4-7-11;1-4-11(2)5-6-12(3)13-7-9-14(15)10-8-13/h2-4,6-7,12H,5,8-10H2,1H3,(H,17,18)(H,19,20);4-10H,3H2,1-2H3/b;6-5-,11-4-. The maximum absolute atomic E-state index is 12.0. The van der Waals surface area contributed by atoms with Crippen LogP contribution < -0.4 is 0 Å². The molecule has 2 N–H and O–H groups in total. The van der Waals surface area contributed by atoms with E-state index in [0.717, 1.165) is 21.7 Å². The SMILES string of the molecule is C=C(/C=C\C(C)=C/C)c1ccc(Cl)cc1.CS(=O)N(CCCC(=O)O)C1(C(=O)O)CC1c1ccccc1. The first kappa shape index (κ1) is 30.2. The minimum absolute atomic E-state index is 0.0700. The van der Waals surface area contributed by atoms with Gasteiger partial charge in [-0.25, -0.2) is 8.51 Å². The summed E-state index contributed by atoms with van der Waals surface area (Å²) in [5, 5.41) is 19.1. The summed E-state index contributed by atoms with van der Waals surface area (Å²) in [6.45, 7) is 8.27. The number of carboxylic acids is 2. The average molecular weight is 544 g/mol. The second-order valence-corrected chi connectivity index (χ2v) is 10.5. The molecule has 0 aromatic heterocycles. The van der Waals surface area contributed by atoms with Crippen molar-refractivity contribution in [2.24, 2.45) is 0 Å². The van der Waals surface area contributed by atoms with Crippen molar-refractivity contribution in [3.05, 3.63) is 101 Å². The summed E-state index contributed by atoms with van der Waals surface area (Å²) >= 11 is 5.81. The van der Waals surface area contributed by atoms with Crippen LogP contribution in [-0.4, -0.2) is 49.0 Å². The Morgan fingerprint density at radius 1 is 1.14 bits per heavy atom. The lowest BCUT2D eigenvalue weighted by Crippen LogP contribution is -2.46. The van der Waals surface area contributed by atoms with E-state index >= 15 is 0 Å². The van der Waals surface area contributed by atoms with E-state index in [1.165, 1.54) is 16.1 Å². The smallest absolute Gasteiger partial charge is 0.325 e. The Morgan fingerprint density at radius 2 is 1.76 bits per heavy atom. The van der Waals surface area contributed by atoms with Gasteiger partial charge in [-0.3, -0.25) is 9.59 Å². The third-order valence-electron chi connectivity index (χ3n) is 6.23. The summed E-state index contributed by atoms with van der Waals surface area (Å²) in [4.78, 5) is 22.4. The molecular weight excluding hydrogens is 510 g/mol. The van der Waals surface area contributed by atoms with Crippen molar-refractivity contribution in [3.63, 3.8) is 0 Å². The number of nitrogens with zero attached hydrogens (tertiary/aromatic N) is 1. The van der Waals surface area contributed by atoms with Gasteiger partial charge in [-0.05, 0) is 55.5 Å². The Kier molecular flexibility index (Phi) is 11.5. The largest absolute Gasteiger partial charge is 0.481 e. The molecule has 37 heavy (non-hydrogen) atoms. The number of carboxylic acid groups (broad SMARTS) is 2. The minimum Gasteiger partial charge on any atom is -0.481 e. The molecule has 1 aliphatic carbocycles. The lowest BCUT2D eigenvalue weighted by atomic mass is 10.1. The Labute approximate surface area is 226 Å². The predicted octanol–water partition coefficient (Wildman–Crippen LogP) is 6.33. The number of halogens is 1. The molecule has 2 aromatic carbocycles. The van der Waals surface area contributed by atoms with E-state index < -0.39 is 28.5 Å². The van der Waals surface area contributed by atoms with E-state index in [1.807, 2.05) is 67.6 Å². The zero-order valence-corrected chi connectivity index (χ0v) is 23.0. The van der Waals surface area contributed by atoms with Crippen LogP contribution in [0.3, 0.4) is 0 Å². The number of benzene rings is 2. The number of allylic oxidation sites excluding steroid dienone is 5.